The molecule has 1 atom stereocenters. The molecular formula is C18H21NO3. The Morgan fingerprint density at radius 2 is 2.23 bits per heavy atom. The van der Waals surface area contributed by atoms with E-state index in [9.17, 15) is 9.90 Å². The topological polar surface area (TPSA) is 49.8 Å². The van der Waals surface area contributed by atoms with Gasteiger partial charge in [-0.15, -0.1) is 0 Å². The molecule has 1 heterocycles. The molecule has 1 fully saturated rings. The average molecular weight is 299 g/mol. The lowest BCUT2D eigenvalue weighted by atomic mass is 10.0. The molecule has 1 unspecified atom stereocenters. The predicted molar refractivity (Wildman–Crippen MR) is 86.0 cm³/mol. The van der Waals surface area contributed by atoms with Crippen molar-refractivity contribution in [3.63, 3.8) is 0 Å². The molecule has 3 rings (SSSR count). The van der Waals surface area contributed by atoms with Crippen LogP contribution in [0.5, 0.6) is 5.75 Å². The summed E-state index contributed by atoms with van der Waals surface area (Å²) in [4.78, 5) is 14.3. The van der Waals surface area contributed by atoms with E-state index >= 15 is 0 Å². The van der Waals surface area contributed by atoms with Gasteiger partial charge in [-0.1, -0.05) is 24.3 Å². The Morgan fingerprint density at radius 3 is 3.00 bits per heavy atom. The quantitative estimate of drug-likeness (QED) is 0.946. The molecule has 2 aromatic carbocycles. The number of hydrogen-bond acceptors (Lipinski definition) is 3. The maximum absolute atomic E-state index is 12.5. The minimum Gasteiger partial charge on any atom is -0.497 e. The second kappa shape index (κ2) is 6.36. The molecule has 0 bridgehead atoms. The summed E-state index contributed by atoms with van der Waals surface area (Å²) >= 11 is 0. The molecule has 4 nitrogen and oxygen atoms in total. The van der Waals surface area contributed by atoms with Crippen molar-refractivity contribution in [1.82, 2.24) is 4.90 Å². The van der Waals surface area contributed by atoms with Crippen molar-refractivity contribution in [2.24, 2.45) is 0 Å². The van der Waals surface area contributed by atoms with Gasteiger partial charge in [0.1, 0.15) is 5.75 Å². The first kappa shape index (κ1) is 14.9. The van der Waals surface area contributed by atoms with E-state index in [1.54, 1.807) is 12.0 Å². The number of benzene rings is 2. The fraction of sp³-hybridized carbons (Fsp3) is 0.389. The van der Waals surface area contributed by atoms with Gasteiger partial charge in [0.25, 0.3) is 0 Å². The van der Waals surface area contributed by atoms with Crippen LogP contribution in [0.1, 0.15) is 18.4 Å². The summed E-state index contributed by atoms with van der Waals surface area (Å²) < 4.78 is 5.28. The molecule has 0 aliphatic carbocycles. The molecule has 1 aliphatic heterocycles. The van der Waals surface area contributed by atoms with Gasteiger partial charge in [-0.05, 0) is 41.3 Å². The van der Waals surface area contributed by atoms with Crippen LogP contribution < -0.4 is 4.74 Å². The molecule has 0 saturated carbocycles. The molecule has 0 aromatic heterocycles. The number of carbonyl (C=O) groups excluding carboxylic acids is 1. The van der Waals surface area contributed by atoms with Gasteiger partial charge in [0.05, 0.1) is 19.6 Å². The number of likely N-dealkylation sites (tertiary alicyclic amines) is 1. The molecule has 116 valence electrons. The van der Waals surface area contributed by atoms with Crippen molar-refractivity contribution in [2.45, 2.75) is 25.4 Å². The van der Waals surface area contributed by atoms with Crippen LogP contribution in [0.15, 0.2) is 36.4 Å². The van der Waals surface area contributed by atoms with Crippen LogP contribution in [-0.4, -0.2) is 42.2 Å². The number of carbonyl (C=O) groups is 1. The lowest BCUT2D eigenvalue weighted by Gasteiger charge is -2.30. The SMILES string of the molecule is COc1ccc2cccc(CC(=O)N3CCCC(O)C3)c2c1. The number of amides is 1. The fourth-order valence-corrected chi connectivity index (χ4v) is 3.05. The van der Waals surface area contributed by atoms with Gasteiger partial charge in [0.15, 0.2) is 0 Å². The summed E-state index contributed by atoms with van der Waals surface area (Å²) in [5.74, 6) is 0.870. The average Bonchev–Trinajstić information content (AvgIpc) is 2.54. The zero-order valence-corrected chi connectivity index (χ0v) is 12.8. The Labute approximate surface area is 130 Å². The summed E-state index contributed by atoms with van der Waals surface area (Å²) in [6.45, 7) is 1.19. The van der Waals surface area contributed by atoms with Gasteiger partial charge in [-0.25, -0.2) is 0 Å². The van der Waals surface area contributed by atoms with E-state index in [0.29, 0.717) is 13.0 Å². The minimum atomic E-state index is -0.384. The minimum absolute atomic E-state index is 0.0778. The van der Waals surface area contributed by atoms with E-state index < -0.39 is 0 Å². The molecule has 1 amide bonds. The molecule has 0 radical (unpaired) electrons. The van der Waals surface area contributed by atoms with Gasteiger partial charge >= 0.3 is 0 Å². The molecule has 1 saturated heterocycles. The molecule has 4 heteroatoms. The van der Waals surface area contributed by atoms with Crippen LogP contribution in [0, 0.1) is 0 Å². The monoisotopic (exact) mass is 299 g/mol. The van der Waals surface area contributed by atoms with E-state index in [-0.39, 0.29) is 12.0 Å². The summed E-state index contributed by atoms with van der Waals surface area (Å²) in [5, 5.41) is 11.9. The van der Waals surface area contributed by atoms with Crippen molar-refractivity contribution < 1.29 is 14.6 Å². The van der Waals surface area contributed by atoms with Gasteiger partial charge in [-0.2, -0.15) is 0 Å². The smallest absolute Gasteiger partial charge is 0.227 e. The number of fused-ring (bicyclic) bond motifs is 1. The standard InChI is InChI=1S/C18H21NO3/c1-22-16-8-7-13-4-2-5-14(17(13)11-16)10-18(21)19-9-3-6-15(20)12-19/h2,4-5,7-8,11,15,20H,3,6,9-10,12H2,1H3. The van der Waals surface area contributed by atoms with Crippen LogP contribution in [0.4, 0.5) is 0 Å². The number of ether oxygens (including phenoxy) is 1. The summed E-state index contributed by atoms with van der Waals surface area (Å²) in [6.07, 6.45) is 1.63. The van der Waals surface area contributed by atoms with E-state index in [1.165, 1.54) is 0 Å². The number of rotatable bonds is 3. The maximum Gasteiger partial charge on any atom is 0.227 e. The van der Waals surface area contributed by atoms with Gasteiger partial charge in [0, 0.05) is 13.1 Å². The van der Waals surface area contributed by atoms with E-state index in [2.05, 4.69) is 0 Å². The number of aliphatic hydroxyl groups excluding tert-OH is 1. The van der Waals surface area contributed by atoms with E-state index in [4.69, 9.17) is 4.74 Å². The van der Waals surface area contributed by atoms with Crippen molar-refractivity contribution >= 4 is 16.7 Å². The number of aliphatic hydroxyl groups is 1. The lowest BCUT2D eigenvalue weighted by molar-refractivity contribution is -0.133. The Balaban J connectivity index is 1.85. The number of hydrogen-bond donors (Lipinski definition) is 1. The molecular weight excluding hydrogens is 278 g/mol. The Morgan fingerprint density at radius 1 is 1.36 bits per heavy atom. The highest BCUT2D eigenvalue weighted by Crippen LogP contribution is 2.25. The first-order valence-corrected chi connectivity index (χ1v) is 7.69. The van der Waals surface area contributed by atoms with Crippen molar-refractivity contribution in [3.8, 4) is 5.75 Å². The van der Waals surface area contributed by atoms with Crippen molar-refractivity contribution in [2.75, 3.05) is 20.2 Å². The zero-order valence-electron chi connectivity index (χ0n) is 12.8. The van der Waals surface area contributed by atoms with Gasteiger partial charge < -0.3 is 14.7 Å². The normalized spacial score (nSPS) is 18.5. The van der Waals surface area contributed by atoms with E-state index in [1.807, 2.05) is 36.4 Å². The highest BCUT2D eigenvalue weighted by atomic mass is 16.5. The molecule has 1 N–H and O–H groups in total. The molecule has 1 aliphatic rings. The van der Waals surface area contributed by atoms with Crippen LogP contribution in [0.25, 0.3) is 10.8 Å². The van der Waals surface area contributed by atoms with Crippen LogP contribution >= 0.6 is 0 Å². The Hall–Kier alpha value is -2.07. The third-order valence-corrected chi connectivity index (χ3v) is 4.27. The Bertz CT molecular complexity index is 683. The molecule has 22 heavy (non-hydrogen) atoms. The highest BCUT2D eigenvalue weighted by molar-refractivity contribution is 5.91. The molecule has 0 spiro atoms. The number of methoxy groups -OCH3 is 1. The second-order valence-electron chi connectivity index (χ2n) is 5.82. The highest BCUT2D eigenvalue weighted by Gasteiger charge is 2.22. The van der Waals surface area contributed by atoms with E-state index in [0.717, 1.165) is 41.5 Å². The largest absolute Gasteiger partial charge is 0.497 e. The Kier molecular flexibility index (Phi) is 4.29. The number of nitrogens with zero attached hydrogens (tertiary/aromatic N) is 1. The van der Waals surface area contributed by atoms with Gasteiger partial charge in [-0.3, -0.25) is 4.79 Å². The predicted octanol–water partition coefficient (Wildman–Crippen LogP) is 2.37. The van der Waals surface area contributed by atoms with Crippen molar-refractivity contribution in [3.05, 3.63) is 42.0 Å². The van der Waals surface area contributed by atoms with Crippen LogP contribution in [0.3, 0.4) is 0 Å². The number of piperidine rings is 1. The summed E-state index contributed by atoms with van der Waals surface area (Å²) in [6, 6.07) is 11.9. The second-order valence-corrected chi connectivity index (χ2v) is 5.82. The first-order valence-electron chi connectivity index (χ1n) is 7.69. The summed E-state index contributed by atoms with van der Waals surface area (Å²) in [7, 11) is 1.64. The lowest BCUT2D eigenvalue weighted by Crippen LogP contribution is -2.42. The van der Waals surface area contributed by atoms with Crippen LogP contribution in [-0.2, 0) is 11.2 Å². The first-order chi connectivity index (χ1) is 10.7. The molecule has 2 aromatic rings. The number of β-amino-alcohol motifs (C(OH)–C–C–N with tert-alkyl or cyclic N) is 1. The van der Waals surface area contributed by atoms with Crippen molar-refractivity contribution in [1.29, 1.82) is 0 Å². The third-order valence-electron chi connectivity index (χ3n) is 4.27. The van der Waals surface area contributed by atoms with Crippen LogP contribution in [0.2, 0.25) is 0 Å². The summed E-state index contributed by atoms with van der Waals surface area (Å²) in [5.41, 5.74) is 1.00. The fourth-order valence-electron chi connectivity index (χ4n) is 3.05. The third kappa shape index (κ3) is 3.07. The zero-order chi connectivity index (χ0) is 15.5. The van der Waals surface area contributed by atoms with Gasteiger partial charge in [0.2, 0.25) is 5.91 Å². The maximum atomic E-state index is 12.5.